The van der Waals surface area contributed by atoms with E-state index in [4.69, 9.17) is 0 Å². The van der Waals surface area contributed by atoms with E-state index in [0.717, 1.165) is 25.1 Å². The molecule has 1 aromatic carbocycles. The first-order valence-electron chi connectivity index (χ1n) is 7.68. The number of anilines is 1. The van der Waals surface area contributed by atoms with E-state index in [2.05, 4.69) is 55.7 Å². The van der Waals surface area contributed by atoms with Gasteiger partial charge in [-0.3, -0.25) is 4.79 Å². The first kappa shape index (κ1) is 15.8. The maximum absolute atomic E-state index is 11.8. The Bertz CT molecular complexity index is 472. The van der Waals surface area contributed by atoms with E-state index in [1.54, 1.807) is 0 Å². The highest BCUT2D eigenvalue weighted by atomic mass is 16.2. The average Bonchev–Trinajstić information content (AvgIpc) is 3.19. The first-order chi connectivity index (χ1) is 9.83. The third-order valence-electron chi connectivity index (χ3n) is 3.52. The van der Waals surface area contributed by atoms with Crippen LogP contribution in [0.15, 0.2) is 24.3 Å². The van der Waals surface area contributed by atoms with Crippen molar-refractivity contribution in [2.45, 2.75) is 51.7 Å². The molecule has 0 spiro atoms. The van der Waals surface area contributed by atoms with Gasteiger partial charge in [0, 0.05) is 30.9 Å². The Kier molecular flexibility index (Phi) is 4.88. The van der Waals surface area contributed by atoms with E-state index in [-0.39, 0.29) is 11.4 Å². The third kappa shape index (κ3) is 5.76. The zero-order valence-electron chi connectivity index (χ0n) is 13.6. The van der Waals surface area contributed by atoms with Gasteiger partial charge in [0.2, 0.25) is 5.91 Å². The number of amides is 1. The minimum atomic E-state index is 0.110. The number of rotatable bonds is 6. The molecule has 21 heavy (non-hydrogen) atoms. The van der Waals surface area contributed by atoms with Gasteiger partial charge in [-0.25, -0.2) is 0 Å². The lowest BCUT2D eigenvalue weighted by Gasteiger charge is -2.22. The van der Waals surface area contributed by atoms with Crippen LogP contribution in [0, 0.1) is 0 Å². The van der Waals surface area contributed by atoms with Gasteiger partial charge < -0.3 is 15.5 Å². The van der Waals surface area contributed by atoms with Crippen LogP contribution in [0.5, 0.6) is 0 Å². The summed E-state index contributed by atoms with van der Waals surface area (Å²) in [5.41, 5.74) is 2.45. The number of benzene rings is 1. The summed E-state index contributed by atoms with van der Waals surface area (Å²) in [6.45, 7) is 7.75. The quantitative estimate of drug-likeness (QED) is 0.844. The van der Waals surface area contributed by atoms with Gasteiger partial charge in [0.15, 0.2) is 0 Å². The van der Waals surface area contributed by atoms with Crippen molar-refractivity contribution in [3.05, 3.63) is 29.8 Å². The van der Waals surface area contributed by atoms with Crippen molar-refractivity contribution in [3.63, 3.8) is 0 Å². The van der Waals surface area contributed by atoms with Crippen molar-refractivity contribution in [1.82, 2.24) is 10.6 Å². The molecule has 4 nitrogen and oxygen atoms in total. The van der Waals surface area contributed by atoms with Crippen molar-refractivity contribution in [2.75, 3.05) is 18.5 Å². The number of carbonyl (C=O) groups excluding carboxylic acids is 1. The molecule has 0 aromatic heterocycles. The number of likely N-dealkylation sites (N-methyl/N-ethyl adjacent to an activating group) is 1. The Labute approximate surface area is 127 Å². The van der Waals surface area contributed by atoms with E-state index in [9.17, 15) is 4.79 Å². The van der Waals surface area contributed by atoms with Crippen molar-refractivity contribution in [3.8, 4) is 0 Å². The number of hydrogen-bond acceptors (Lipinski definition) is 3. The fraction of sp³-hybridized carbons (Fsp3) is 0.588. The van der Waals surface area contributed by atoms with Crippen LogP contribution in [0.3, 0.4) is 0 Å². The van der Waals surface area contributed by atoms with Gasteiger partial charge in [0.1, 0.15) is 0 Å². The van der Waals surface area contributed by atoms with Gasteiger partial charge >= 0.3 is 0 Å². The van der Waals surface area contributed by atoms with Crippen LogP contribution in [-0.2, 0) is 11.3 Å². The zero-order valence-corrected chi connectivity index (χ0v) is 13.6. The highest BCUT2D eigenvalue weighted by molar-refractivity contribution is 5.81. The molecule has 1 saturated carbocycles. The smallest absolute Gasteiger partial charge is 0.239 e. The van der Waals surface area contributed by atoms with Crippen LogP contribution in [0.2, 0.25) is 0 Å². The number of hydrogen-bond donors (Lipinski definition) is 2. The predicted molar refractivity (Wildman–Crippen MR) is 87.5 cm³/mol. The molecule has 0 atom stereocenters. The number of nitrogens with zero attached hydrogens (tertiary/aromatic N) is 1. The first-order valence-corrected chi connectivity index (χ1v) is 7.68. The molecule has 0 unspecified atom stereocenters. The molecule has 1 fully saturated rings. The van der Waals surface area contributed by atoms with Crippen LogP contribution in [0.4, 0.5) is 5.69 Å². The summed E-state index contributed by atoms with van der Waals surface area (Å²) in [5.74, 6) is 0.110. The number of nitrogens with one attached hydrogen (secondary N) is 2. The second kappa shape index (κ2) is 6.48. The SMILES string of the molecule is CN(CC(=O)NC1CC1)c1ccc(CNC(C)(C)C)cc1. The third-order valence-corrected chi connectivity index (χ3v) is 3.52. The topological polar surface area (TPSA) is 44.4 Å². The minimum Gasteiger partial charge on any atom is -0.365 e. The molecule has 2 rings (SSSR count). The predicted octanol–water partition coefficient (Wildman–Crippen LogP) is 2.29. The fourth-order valence-corrected chi connectivity index (χ4v) is 2.04. The minimum absolute atomic E-state index is 0.110. The second-order valence-corrected chi connectivity index (χ2v) is 6.97. The molecule has 0 radical (unpaired) electrons. The van der Waals surface area contributed by atoms with Gasteiger partial charge in [-0.05, 0) is 51.3 Å². The molecule has 116 valence electrons. The van der Waals surface area contributed by atoms with E-state index in [1.807, 2.05) is 11.9 Å². The molecule has 0 saturated heterocycles. The molecule has 1 aromatic rings. The molecular weight excluding hydrogens is 262 g/mol. The molecule has 4 heteroatoms. The zero-order chi connectivity index (χ0) is 15.5. The van der Waals surface area contributed by atoms with E-state index in [0.29, 0.717) is 12.6 Å². The van der Waals surface area contributed by atoms with Crippen LogP contribution >= 0.6 is 0 Å². The Morgan fingerprint density at radius 2 is 1.86 bits per heavy atom. The van der Waals surface area contributed by atoms with Crippen molar-refractivity contribution < 1.29 is 4.79 Å². The highest BCUT2D eigenvalue weighted by Crippen LogP contribution is 2.19. The normalized spacial score (nSPS) is 14.9. The fourth-order valence-electron chi connectivity index (χ4n) is 2.04. The van der Waals surface area contributed by atoms with Crippen LogP contribution in [-0.4, -0.2) is 31.1 Å². The lowest BCUT2D eigenvalue weighted by atomic mass is 10.1. The standard InChI is InChI=1S/C17H27N3O/c1-17(2,3)18-11-13-5-9-15(10-6-13)20(4)12-16(21)19-14-7-8-14/h5-6,9-10,14,18H,7-8,11-12H2,1-4H3,(H,19,21). The molecule has 1 amide bonds. The largest absolute Gasteiger partial charge is 0.365 e. The lowest BCUT2D eigenvalue weighted by molar-refractivity contribution is -0.119. The van der Waals surface area contributed by atoms with Gasteiger partial charge in [-0.15, -0.1) is 0 Å². The number of carbonyl (C=O) groups is 1. The monoisotopic (exact) mass is 289 g/mol. The molecule has 0 bridgehead atoms. The summed E-state index contributed by atoms with van der Waals surface area (Å²) in [6, 6.07) is 8.80. The van der Waals surface area contributed by atoms with Gasteiger partial charge in [-0.2, -0.15) is 0 Å². The summed E-state index contributed by atoms with van der Waals surface area (Å²) in [6.07, 6.45) is 2.26. The van der Waals surface area contributed by atoms with E-state index < -0.39 is 0 Å². The van der Waals surface area contributed by atoms with Crippen LogP contribution in [0.1, 0.15) is 39.2 Å². The van der Waals surface area contributed by atoms with Crippen LogP contribution in [0.25, 0.3) is 0 Å². The van der Waals surface area contributed by atoms with Crippen molar-refractivity contribution >= 4 is 11.6 Å². The molecule has 2 N–H and O–H groups in total. The average molecular weight is 289 g/mol. The van der Waals surface area contributed by atoms with Crippen molar-refractivity contribution in [2.24, 2.45) is 0 Å². The molecule has 1 aliphatic rings. The maximum atomic E-state index is 11.8. The highest BCUT2D eigenvalue weighted by Gasteiger charge is 2.23. The molecule has 1 aliphatic carbocycles. The van der Waals surface area contributed by atoms with Gasteiger partial charge in [-0.1, -0.05) is 12.1 Å². The molecule has 0 heterocycles. The second-order valence-electron chi connectivity index (χ2n) is 6.97. The Morgan fingerprint density at radius 1 is 1.24 bits per heavy atom. The lowest BCUT2D eigenvalue weighted by Crippen LogP contribution is -2.36. The Hall–Kier alpha value is -1.55. The summed E-state index contributed by atoms with van der Waals surface area (Å²) >= 11 is 0. The Morgan fingerprint density at radius 3 is 2.38 bits per heavy atom. The van der Waals surface area contributed by atoms with Crippen LogP contribution < -0.4 is 15.5 Å². The summed E-state index contributed by atoms with van der Waals surface area (Å²) in [4.78, 5) is 13.8. The van der Waals surface area contributed by atoms with E-state index in [1.165, 1.54) is 5.56 Å². The molecular formula is C17H27N3O. The van der Waals surface area contributed by atoms with Gasteiger partial charge in [0.25, 0.3) is 0 Å². The van der Waals surface area contributed by atoms with Crippen molar-refractivity contribution in [1.29, 1.82) is 0 Å². The molecule has 0 aliphatic heterocycles. The Balaban J connectivity index is 1.83. The maximum Gasteiger partial charge on any atom is 0.239 e. The summed E-state index contributed by atoms with van der Waals surface area (Å²) < 4.78 is 0. The summed E-state index contributed by atoms with van der Waals surface area (Å²) in [5, 5.41) is 6.48. The van der Waals surface area contributed by atoms with E-state index >= 15 is 0 Å². The van der Waals surface area contributed by atoms with Gasteiger partial charge in [0.05, 0.1) is 6.54 Å². The summed E-state index contributed by atoms with van der Waals surface area (Å²) in [7, 11) is 1.95.